The number of halogens is 1. The Balaban J connectivity index is 3.85. The molecule has 0 aliphatic heterocycles. The van der Waals surface area contributed by atoms with E-state index >= 15 is 0 Å². The number of ether oxygens (including phenoxy) is 1. The largest absolute Gasteiger partial charge is 0.394 e. The normalized spacial score (nSPS) is 15.1. The van der Waals surface area contributed by atoms with E-state index in [0.717, 1.165) is 6.42 Å². The molecule has 0 aliphatic rings. The van der Waals surface area contributed by atoms with Crippen LogP contribution in [-0.2, 0) is 9.53 Å². The van der Waals surface area contributed by atoms with Crippen molar-refractivity contribution in [2.45, 2.75) is 24.2 Å². The molecule has 0 aromatic heterocycles. The number of methoxy groups -OCH3 is 1. The van der Waals surface area contributed by atoms with Crippen LogP contribution in [0.1, 0.15) is 13.3 Å². The predicted octanol–water partition coefficient (Wildman–Crippen LogP) is 0.283. The molecule has 0 saturated carbocycles. The summed E-state index contributed by atoms with van der Waals surface area (Å²) < 4.78 is 4.82. The fraction of sp³-hybridized carbons (Fsp3) is 0.875. The maximum atomic E-state index is 11.3. The summed E-state index contributed by atoms with van der Waals surface area (Å²) in [5, 5.41) is 11.5. The van der Waals surface area contributed by atoms with Crippen molar-refractivity contribution in [1.29, 1.82) is 0 Å². The standard InChI is InChI=1S/C8H16BrNO3/c1-3-7(9)8(12)10-6(4-11)5-13-2/h6-7,11H,3-5H2,1-2H3,(H,10,12). The fourth-order valence-electron chi connectivity index (χ4n) is 0.818. The molecule has 78 valence electrons. The lowest BCUT2D eigenvalue weighted by molar-refractivity contribution is -0.121. The van der Waals surface area contributed by atoms with Gasteiger partial charge in [-0.15, -0.1) is 0 Å². The highest BCUT2D eigenvalue weighted by Crippen LogP contribution is 2.04. The molecule has 0 saturated heterocycles. The van der Waals surface area contributed by atoms with Crippen molar-refractivity contribution in [3.05, 3.63) is 0 Å². The van der Waals surface area contributed by atoms with Crippen molar-refractivity contribution >= 4 is 21.8 Å². The topological polar surface area (TPSA) is 58.6 Å². The quantitative estimate of drug-likeness (QED) is 0.669. The van der Waals surface area contributed by atoms with E-state index in [4.69, 9.17) is 9.84 Å². The van der Waals surface area contributed by atoms with Crippen LogP contribution in [0.25, 0.3) is 0 Å². The Labute approximate surface area is 86.8 Å². The van der Waals surface area contributed by atoms with Gasteiger partial charge in [0.1, 0.15) is 0 Å². The van der Waals surface area contributed by atoms with Crippen molar-refractivity contribution in [2.75, 3.05) is 20.3 Å². The van der Waals surface area contributed by atoms with Crippen LogP contribution in [0, 0.1) is 0 Å². The SMILES string of the molecule is CCC(Br)C(=O)NC(CO)COC. The van der Waals surface area contributed by atoms with Crippen LogP contribution in [-0.4, -0.2) is 42.2 Å². The lowest BCUT2D eigenvalue weighted by atomic mass is 10.3. The molecule has 0 rings (SSSR count). The molecule has 2 atom stereocenters. The third kappa shape index (κ3) is 5.23. The lowest BCUT2D eigenvalue weighted by Gasteiger charge is -2.16. The average molecular weight is 254 g/mol. The molecule has 1 amide bonds. The predicted molar refractivity (Wildman–Crippen MR) is 53.9 cm³/mol. The number of carbonyl (C=O) groups excluding carboxylic acids is 1. The molecule has 0 bridgehead atoms. The molecule has 0 heterocycles. The summed E-state index contributed by atoms with van der Waals surface area (Å²) in [5.74, 6) is -0.112. The van der Waals surface area contributed by atoms with Crippen molar-refractivity contribution in [1.82, 2.24) is 5.32 Å². The molecule has 0 radical (unpaired) electrons. The molecular weight excluding hydrogens is 238 g/mol. The van der Waals surface area contributed by atoms with Crippen LogP contribution in [0.5, 0.6) is 0 Å². The third-order valence-electron chi connectivity index (χ3n) is 1.58. The maximum Gasteiger partial charge on any atom is 0.234 e. The van der Waals surface area contributed by atoms with Gasteiger partial charge in [0.05, 0.1) is 24.1 Å². The van der Waals surface area contributed by atoms with Gasteiger partial charge in [-0.3, -0.25) is 4.79 Å². The molecule has 0 fully saturated rings. The number of alkyl halides is 1. The summed E-state index contributed by atoms with van der Waals surface area (Å²) >= 11 is 3.22. The second-order valence-electron chi connectivity index (χ2n) is 2.72. The van der Waals surface area contributed by atoms with E-state index in [1.165, 1.54) is 7.11 Å². The van der Waals surface area contributed by atoms with Crippen LogP contribution >= 0.6 is 15.9 Å². The number of aliphatic hydroxyl groups is 1. The highest BCUT2D eigenvalue weighted by atomic mass is 79.9. The van der Waals surface area contributed by atoms with Gasteiger partial charge >= 0.3 is 0 Å². The number of hydrogen-bond donors (Lipinski definition) is 2. The molecule has 2 unspecified atom stereocenters. The minimum Gasteiger partial charge on any atom is -0.394 e. The molecule has 13 heavy (non-hydrogen) atoms. The van der Waals surface area contributed by atoms with E-state index in [2.05, 4.69) is 21.2 Å². The van der Waals surface area contributed by atoms with E-state index < -0.39 is 0 Å². The molecule has 0 aliphatic carbocycles. The third-order valence-corrected chi connectivity index (χ3v) is 2.64. The second kappa shape index (κ2) is 7.29. The van der Waals surface area contributed by atoms with Crippen molar-refractivity contribution in [3.63, 3.8) is 0 Å². The number of carbonyl (C=O) groups is 1. The van der Waals surface area contributed by atoms with Crippen molar-refractivity contribution in [2.24, 2.45) is 0 Å². The fourth-order valence-corrected chi connectivity index (χ4v) is 0.950. The lowest BCUT2D eigenvalue weighted by Crippen LogP contribution is -2.43. The van der Waals surface area contributed by atoms with Gasteiger partial charge < -0.3 is 15.2 Å². The summed E-state index contributed by atoms with van der Waals surface area (Å²) in [6, 6.07) is -0.316. The smallest absolute Gasteiger partial charge is 0.234 e. The number of hydrogen-bond acceptors (Lipinski definition) is 3. The number of aliphatic hydroxyl groups excluding tert-OH is 1. The van der Waals surface area contributed by atoms with E-state index in [-0.39, 0.29) is 23.4 Å². The highest BCUT2D eigenvalue weighted by Gasteiger charge is 2.16. The van der Waals surface area contributed by atoms with Gasteiger partial charge in [-0.25, -0.2) is 0 Å². The summed E-state index contributed by atoms with van der Waals surface area (Å²) in [6.45, 7) is 2.12. The average Bonchev–Trinajstić information content (AvgIpc) is 2.15. The Morgan fingerprint density at radius 1 is 1.69 bits per heavy atom. The highest BCUT2D eigenvalue weighted by molar-refractivity contribution is 9.10. The van der Waals surface area contributed by atoms with Crippen molar-refractivity contribution < 1.29 is 14.6 Å². The Morgan fingerprint density at radius 2 is 2.31 bits per heavy atom. The summed E-state index contributed by atoms with van der Waals surface area (Å²) in [4.78, 5) is 11.1. The minimum absolute atomic E-state index is 0.108. The second-order valence-corrected chi connectivity index (χ2v) is 3.82. The van der Waals surface area contributed by atoms with E-state index in [0.29, 0.717) is 6.61 Å². The Bertz CT molecular complexity index is 154. The Hall–Kier alpha value is -0.130. The molecule has 4 nitrogen and oxygen atoms in total. The van der Waals surface area contributed by atoms with Crippen LogP contribution in [0.3, 0.4) is 0 Å². The first kappa shape index (κ1) is 12.9. The summed E-state index contributed by atoms with van der Waals surface area (Å²) in [5.41, 5.74) is 0. The molecular formula is C8H16BrNO3. The molecule has 5 heteroatoms. The summed E-state index contributed by atoms with van der Waals surface area (Å²) in [6.07, 6.45) is 0.719. The van der Waals surface area contributed by atoms with Crippen LogP contribution < -0.4 is 5.32 Å². The minimum atomic E-state index is -0.316. The van der Waals surface area contributed by atoms with Gasteiger partial charge in [-0.1, -0.05) is 22.9 Å². The zero-order chi connectivity index (χ0) is 10.3. The van der Waals surface area contributed by atoms with Crippen LogP contribution in [0.15, 0.2) is 0 Å². The van der Waals surface area contributed by atoms with Gasteiger partial charge in [0, 0.05) is 7.11 Å². The molecule has 0 spiro atoms. The zero-order valence-electron chi connectivity index (χ0n) is 7.92. The Morgan fingerprint density at radius 3 is 2.69 bits per heavy atom. The van der Waals surface area contributed by atoms with E-state index in [1.54, 1.807) is 0 Å². The monoisotopic (exact) mass is 253 g/mol. The Kier molecular flexibility index (Phi) is 7.22. The number of rotatable bonds is 6. The van der Waals surface area contributed by atoms with Gasteiger partial charge in [-0.05, 0) is 6.42 Å². The van der Waals surface area contributed by atoms with Crippen molar-refractivity contribution in [3.8, 4) is 0 Å². The maximum absolute atomic E-state index is 11.3. The zero-order valence-corrected chi connectivity index (χ0v) is 9.50. The van der Waals surface area contributed by atoms with Gasteiger partial charge in [0.25, 0.3) is 0 Å². The van der Waals surface area contributed by atoms with E-state index in [1.807, 2.05) is 6.92 Å². The molecule has 0 aromatic rings. The van der Waals surface area contributed by atoms with E-state index in [9.17, 15) is 4.79 Å². The molecule has 2 N–H and O–H groups in total. The summed E-state index contributed by atoms with van der Waals surface area (Å²) in [7, 11) is 1.53. The number of nitrogens with one attached hydrogen (secondary N) is 1. The van der Waals surface area contributed by atoms with Gasteiger partial charge in [0.2, 0.25) is 5.91 Å². The van der Waals surface area contributed by atoms with Gasteiger partial charge in [-0.2, -0.15) is 0 Å². The van der Waals surface area contributed by atoms with Gasteiger partial charge in [0.15, 0.2) is 0 Å². The molecule has 0 aromatic carbocycles. The first-order chi connectivity index (χ1) is 6.15. The van der Waals surface area contributed by atoms with Crippen LogP contribution in [0.4, 0.5) is 0 Å². The van der Waals surface area contributed by atoms with Crippen LogP contribution in [0.2, 0.25) is 0 Å². The first-order valence-corrected chi connectivity index (χ1v) is 5.11. The first-order valence-electron chi connectivity index (χ1n) is 4.19. The number of amides is 1.